The predicted molar refractivity (Wildman–Crippen MR) is 85.6 cm³/mol. The zero-order chi connectivity index (χ0) is 14.2. The minimum atomic E-state index is 0.914. The third-order valence-electron chi connectivity index (χ3n) is 3.42. The second kappa shape index (κ2) is 7.74. The summed E-state index contributed by atoms with van der Waals surface area (Å²) in [5, 5.41) is 0. The molecule has 0 atom stereocenters. The van der Waals surface area contributed by atoms with Crippen molar-refractivity contribution in [1.29, 1.82) is 0 Å². The number of rotatable bonds is 7. The summed E-state index contributed by atoms with van der Waals surface area (Å²) >= 11 is 0. The van der Waals surface area contributed by atoms with E-state index in [1.54, 1.807) is 0 Å². The first kappa shape index (κ1) is 14.6. The molecule has 1 heteroatoms. The number of ether oxygens (including phenoxy) is 1. The monoisotopic (exact) mass is 268 g/mol. The van der Waals surface area contributed by atoms with E-state index in [1.165, 1.54) is 30.4 Å². The molecule has 0 bridgehead atoms. The summed E-state index contributed by atoms with van der Waals surface area (Å²) in [6.45, 7) is 4.42. The van der Waals surface area contributed by atoms with Crippen LogP contribution in [0.25, 0.3) is 0 Å². The molecule has 2 aromatic carbocycles. The van der Waals surface area contributed by atoms with Gasteiger partial charge in [-0.05, 0) is 54.7 Å². The number of hydrogen-bond acceptors (Lipinski definition) is 1. The number of unbranched alkanes of at least 4 members (excludes halogenated alkanes) is 1. The van der Waals surface area contributed by atoms with Crippen LogP contribution in [0.1, 0.15) is 44.2 Å². The van der Waals surface area contributed by atoms with Crippen LogP contribution in [-0.2, 0) is 12.8 Å². The van der Waals surface area contributed by atoms with Gasteiger partial charge >= 0.3 is 0 Å². The highest BCUT2D eigenvalue weighted by Crippen LogP contribution is 2.23. The van der Waals surface area contributed by atoms with Crippen LogP contribution in [0.15, 0.2) is 48.5 Å². The van der Waals surface area contributed by atoms with Crippen molar-refractivity contribution in [3.05, 3.63) is 59.7 Å². The Morgan fingerprint density at radius 3 is 2.25 bits per heavy atom. The van der Waals surface area contributed by atoms with Gasteiger partial charge in [-0.2, -0.15) is 0 Å². The SMILES string of the molecule is CCCCc1cccc(Oc2ccc(CCC)cc2)c1. The summed E-state index contributed by atoms with van der Waals surface area (Å²) in [7, 11) is 0. The minimum absolute atomic E-state index is 0.914. The van der Waals surface area contributed by atoms with Crippen LogP contribution in [0.5, 0.6) is 11.5 Å². The molecule has 0 radical (unpaired) electrons. The molecule has 0 aliphatic heterocycles. The third kappa shape index (κ3) is 4.41. The van der Waals surface area contributed by atoms with Crippen molar-refractivity contribution in [2.75, 3.05) is 0 Å². The Morgan fingerprint density at radius 2 is 1.55 bits per heavy atom. The van der Waals surface area contributed by atoms with Crippen LogP contribution < -0.4 is 4.74 Å². The van der Waals surface area contributed by atoms with Gasteiger partial charge in [0.1, 0.15) is 11.5 Å². The Morgan fingerprint density at radius 1 is 0.750 bits per heavy atom. The van der Waals surface area contributed by atoms with E-state index in [1.807, 2.05) is 6.07 Å². The van der Waals surface area contributed by atoms with Crippen molar-refractivity contribution < 1.29 is 4.74 Å². The molecule has 0 saturated carbocycles. The first-order chi connectivity index (χ1) is 9.81. The van der Waals surface area contributed by atoms with Crippen molar-refractivity contribution in [2.45, 2.75) is 46.0 Å². The van der Waals surface area contributed by atoms with Gasteiger partial charge in [-0.25, -0.2) is 0 Å². The average Bonchev–Trinajstić information content (AvgIpc) is 2.48. The highest BCUT2D eigenvalue weighted by Gasteiger charge is 2.00. The van der Waals surface area contributed by atoms with Gasteiger partial charge in [-0.1, -0.05) is 51.0 Å². The standard InChI is InChI=1S/C19H24O/c1-3-5-8-17-9-6-10-19(15-17)20-18-13-11-16(7-4-2)12-14-18/h6,9-15H,3-5,7-8H2,1-2H3. The van der Waals surface area contributed by atoms with E-state index < -0.39 is 0 Å². The van der Waals surface area contributed by atoms with E-state index >= 15 is 0 Å². The molecule has 0 saturated heterocycles. The lowest BCUT2D eigenvalue weighted by Gasteiger charge is -2.08. The van der Waals surface area contributed by atoms with Crippen molar-refractivity contribution in [3.63, 3.8) is 0 Å². The molecule has 2 rings (SSSR count). The highest BCUT2D eigenvalue weighted by molar-refractivity contribution is 5.35. The summed E-state index contributed by atoms with van der Waals surface area (Å²) in [5.41, 5.74) is 2.73. The lowest BCUT2D eigenvalue weighted by Crippen LogP contribution is -1.89. The number of benzene rings is 2. The van der Waals surface area contributed by atoms with Gasteiger partial charge in [0.2, 0.25) is 0 Å². The Hall–Kier alpha value is -1.76. The second-order valence-electron chi connectivity index (χ2n) is 5.25. The van der Waals surface area contributed by atoms with Gasteiger partial charge in [0.25, 0.3) is 0 Å². The fourth-order valence-corrected chi connectivity index (χ4v) is 2.29. The zero-order valence-corrected chi connectivity index (χ0v) is 12.6. The van der Waals surface area contributed by atoms with E-state index in [2.05, 4.69) is 56.3 Å². The summed E-state index contributed by atoms with van der Waals surface area (Å²) in [4.78, 5) is 0. The first-order valence-corrected chi connectivity index (χ1v) is 7.67. The number of aryl methyl sites for hydroxylation is 2. The van der Waals surface area contributed by atoms with Crippen LogP contribution in [0.2, 0.25) is 0 Å². The van der Waals surface area contributed by atoms with Crippen LogP contribution >= 0.6 is 0 Å². The van der Waals surface area contributed by atoms with Crippen molar-refractivity contribution in [3.8, 4) is 11.5 Å². The predicted octanol–water partition coefficient (Wildman–Crippen LogP) is 5.77. The summed E-state index contributed by atoms with van der Waals surface area (Å²) in [6, 6.07) is 16.8. The van der Waals surface area contributed by atoms with E-state index in [0.29, 0.717) is 0 Å². The van der Waals surface area contributed by atoms with E-state index in [0.717, 1.165) is 24.3 Å². The summed E-state index contributed by atoms with van der Waals surface area (Å²) in [5.74, 6) is 1.85. The van der Waals surface area contributed by atoms with E-state index in [4.69, 9.17) is 4.74 Å². The van der Waals surface area contributed by atoms with Gasteiger partial charge in [-0.3, -0.25) is 0 Å². The molecule has 0 aliphatic carbocycles. The lowest BCUT2D eigenvalue weighted by molar-refractivity contribution is 0.481. The van der Waals surface area contributed by atoms with Crippen LogP contribution in [0, 0.1) is 0 Å². The maximum Gasteiger partial charge on any atom is 0.127 e. The molecular weight excluding hydrogens is 244 g/mol. The molecular formula is C19H24O. The Kier molecular flexibility index (Phi) is 5.67. The Labute approximate surface area is 122 Å². The minimum Gasteiger partial charge on any atom is -0.457 e. The fraction of sp³-hybridized carbons (Fsp3) is 0.368. The van der Waals surface area contributed by atoms with Crippen LogP contribution in [0.4, 0.5) is 0 Å². The quantitative estimate of drug-likeness (QED) is 0.619. The third-order valence-corrected chi connectivity index (χ3v) is 3.42. The Balaban J connectivity index is 2.01. The van der Waals surface area contributed by atoms with Gasteiger partial charge in [0, 0.05) is 0 Å². The molecule has 0 unspecified atom stereocenters. The molecule has 2 aromatic rings. The van der Waals surface area contributed by atoms with Gasteiger partial charge in [-0.15, -0.1) is 0 Å². The molecule has 106 valence electrons. The topological polar surface area (TPSA) is 9.23 Å². The van der Waals surface area contributed by atoms with Gasteiger partial charge in [0.15, 0.2) is 0 Å². The molecule has 0 amide bonds. The van der Waals surface area contributed by atoms with Crippen molar-refractivity contribution >= 4 is 0 Å². The first-order valence-electron chi connectivity index (χ1n) is 7.67. The smallest absolute Gasteiger partial charge is 0.127 e. The van der Waals surface area contributed by atoms with Gasteiger partial charge in [0.05, 0.1) is 0 Å². The summed E-state index contributed by atoms with van der Waals surface area (Å²) in [6.07, 6.45) is 5.90. The average molecular weight is 268 g/mol. The molecule has 0 fully saturated rings. The fourth-order valence-electron chi connectivity index (χ4n) is 2.29. The highest BCUT2D eigenvalue weighted by atomic mass is 16.5. The summed E-state index contributed by atoms with van der Waals surface area (Å²) < 4.78 is 5.93. The lowest BCUT2D eigenvalue weighted by atomic mass is 10.1. The van der Waals surface area contributed by atoms with Crippen LogP contribution in [0.3, 0.4) is 0 Å². The normalized spacial score (nSPS) is 10.5. The maximum atomic E-state index is 5.93. The van der Waals surface area contributed by atoms with Crippen LogP contribution in [-0.4, -0.2) is 0 Å². The second-order valence-corrected chi connectivity index (χ2v) is 5.25. The van der Waals surface area contributed by atoms with E-state index in [9.17, 15) is 0 Å². The van der Waals surface area contributed by atoms with Crippen molar-refractivity contribution in [1.82, 2.24) is 0 Å². The zero-order valence-electron chi connectivity index (χ0n) is 12.6. The molecule has 0 aliphatic rings. The van der Waals surface area contributed by atoms with Gasteiger partial charge < -0.3 is 4.74 Å². The molecule has 0 aromatic heterocycles. The molecule has 0 spiro atoms. The molecule has 0 heterocycles. The van der Waals surface area contributed by atoms with E-state index in [-0.39, 0.29) is 0 Å². The van der Waals surface area contributed by atoms with Crippen molar-refractivity contribution in [2.24, 2.45) is 0 Å². The maximum absolute atomic E-state index is 5.93. The Bertz CT molecular complexity index is 514. The number of hydrogen-bond donors (Lipinski definition) is 0. The molecule has 0 N–H and O–H groups in total. The molecule has 1 nitrogen and oxygen atoms in total. The largest absolute Gasteiger partial charge is 0.457 e. The molecule has 20 heavy (non-hydrogen) atoms.